The number of hydrogen-bond donors (Lipinski definition) is 0. The lowest BCUT2D eigenvalue weighted by atomic mass is 9.56. The van der Waals surface area contributed by atoms with Crippen LogP contribution in [-0.4, -0.2) is 198 Å². The van der Waals surface area contributed by atoms with Crippen LogP contribution in [0.5, 0.6) is 0 Å². The number of rotatable bonds is 5. The molecule has 0 N–H and O–H groups in total. The lowest BCUT2D eigenvalue weighted by Crippen LogP contribution is -2.57. The average Bonchev–Trinajstić information content (AvgIpc) is 3.96. The summed E-state index contributed by atoms with van der Waals surface area (Å²) in [7, 11) is 54.9. The summed E-state index contributed by atoms with van der Waals surface area (Å²) in [4.78, 5) is 10.1. The van der Waals surface area contributed by atoms with E-state index in [0.717, 1.165) is 44.5 Å². The minimum atomic E-state index is 0.718. The minimum Gasteiger partial charge on any atom is -0.456 e. The average molecular weight is 924 g/mol. The molecular formula is C46H52B24N2O2. The molecule has 10 rings (SSSR count). The maximum absolute atomic E-state index is 7.22. The normalized spacial score (nSPS) is 11.7. The second-order valence-electron chi connectivity index (χ2n) is 22.7. The highest BCUT2D eigenvalue weighted by Gasteiger charge is 2.30. The molecule has 28 heteroatoms. The van der Waals surface area contributed by atoms with Gasteiger partial charge in [0.2, 0.25) is 0 Å². The molecule has 10 aromatic rings. The number of nitrogens with zero attached hydrogens (tertiary/aromatic N) is 2. The van der Waals surface area contributed by atoms with Gasteiger partial charge in [-0.2, -0.15) is 0 Å². The number of hydrogen-bond acceptors (Lipinski definition) is 4. The molecule has 0 saturated carbocycles. The fourth-order valence-corrected chi connectivity index (χ4v) is 13.7. The van der Waals surface area contributed by atoms with Gasteiger partial charge in [0.25, 0.3) is 0 Å². The van der Waals surface area contributed by atoms with Crippen LogP contribution in [0.2, 0.25) is 0 Å². The van der Waals surface area contributed by atoms with Crippen LogP contribution in [0.3, 0.4) is 0 Å². The van der Waals surface area contributed by atoms with E-state index >= 15 is 0 Å². The van der Waals surface area contributed by atoms with Crippen LogP contribution in [0.15, 0.2) is 33.4 Å². The summed E-state index contributed by atoms with van der Waals surface area (Å²) in [6.07, 6.45) is 1.74. The molecule has 0 fully saturated rings. The lowest BCUT2D eigenvalue weighted by Gasteiger charge is -2.29. The zero-order chi connectivity index (χ0) is 53.9. The van der Waals surface area contributed by atoms with Crippen LogP contribution in [-0.2, 0) is 0 Å². The first-order valence-corrected chi connectivity index (χ1v) is 26.8. The van der Waals surface area contributed by atoms with E-state index in [9.17, 15) is 0 Å². The molecular weight excluding hydrogens is 872 g/mol. The van der Waals surface area contributed by atoms with Crippen molar-refractivity contribution in [2.75, 3.05) is 0 Å². The highest BCUT2D eigenvalue weighted by Crippen LogP contribution is 2.35. The van der Waals surface area contributed by atoms with Crippen molar-refractivity contribution in [2.24, 2.45) is 0 Å². The van der Waals surface area contributed by atoms with E-state index in [4.69, 9.17) is 18.8 Å². The van der Waals surface area contributed by atoms with Crippen LogP contribution in [0.4, 0.5) is 0 Å². The van der Waals surface area contributed by atoms with Crippen molar-refractivity contribution in [3.63, 3.8) is 0 Å². The molecule has 0 spiro atoms. The van der Waals surface area contributed by atoms with Gasteiger partial charge in [-0.25, -0.2) is 9.97 Å². The SMILES string of the molecule is Bc1c(B)c(B)c(-c2c(B)c(B)c(-c3ccc4oc5c(-c6c(B)c(B)c(B)c(-c7c(B)c(B)c(B)c(-c8c(B)c(B)c(B)c9c8oc8c(B)c(B)c(B)c(B)c89)c7B)c6B)ncnc5c4c3)c(B)c2B)c(B)c1B. The molecule has 0 unspecified atom stereocenters. The molecule has 0 amide bonds. The molecule has 330 valence electrons. The molecule has 0 bridgehead atoms. The Morgan fingerprint density at radius 1 is 0.270 bits per heavy atom. The van der Waals surface area contributed by atoms with Crippen molar-refractivity contribution in [1.82, 2.24) is 9.97 Å². The molecule has 0 aliphatic rings. The van der Waals surface area contributed by atoms with Gasteiger partial charge in [0.05, 0.1) is 0 Å². The third kappa shape index (κ3) is 7.10. The molecule has 0 saturated heterocycles. The Hall–Kier alpha value is -5.22. The molecule has 0 aliphatic heterocycles. The summed E-state index contributed by atoms with van der Waals surface area (Å²) in [5.74, 6) is 0. The zero-order valence-corrected chi connectivity index (χ0v) is 49.0. The van der Waals surface area contributed by atoms with Gasteiger partial charge < -0.3 is 8.83 Å². The second-order valence-corrected chi connectivity index (χ2v) is 22.7. The third-order valence-corrected chi connectivity index (χ3v) is 19.8. The van der Waals surface area contributed by atoms with Gasteiger partial charge in [0.15, 0.2) is 5.58 Å². The molecule has 74 heavy (non-hydrogen) atoms. The monoisotopic (exact) mass is 929 g/mol. The molecule has 0 atom stereocenters. The first-order chi connectivity index (χ1) is 34.8. The highest BCUT2D eigenvalue weighted by molar-refractivity contribution is 6.74. The van der Waals surface area contributed by atoms with E-state index in [1.54, 1.807) is 6.33 Å². The second kappa shape index (κ2) is 18.2. The summed E-state index contributed by atoms with van der Waals surface area (Å²) >= 11 is 0. The van der Waals surface area contributed by atoms with Gasteiger partial charge in [0.1, 0.15) is 223 Å². The van der Waals surface area contributed by atoms with Crippen LogP contribution >= 0.6 is 0 Å². The largest absolute Gasteiger partial charge is 0.456 e. The van der Waals surface area contributed by atoms with Crippen LogP contribution < -0.4 is 131 Å². The fourth-order valence-electron chi connectivity index (χ4n) is 13.7. The van der Waals surface area contributed by atoms with Crippen molar-refractivity contribution in [3.05, 3.63) is 24.5 Å². The van der Waals surface area contributed by atoms with Gasteiger partial charge in [-0.3, -0.25) is 0 Å². The minimum absolute atomic E-state index is 0.718. The van der Waals surface area contributed by atoms with Crippen molar-refractivity contribution in [2.45, 2.75) is 0 Å². The van der Waals surface area contributed by atoms with E-state index in [2.05, 4.69) is 207 Å². The third-order valence-electron chi connectivity index (χ3n) is 19.8. The number of benzene rings is 7. The Morgan fingerprint density at radius 3 is 1.15 bits per heavy atom. The quantitative estimate of drug-likeness (QED) is 0.161. The van der Waals surface area contributed by atoms with Crippen molar-refractivity contribution in [3.8, 4) is 55.8 Å². The summed E-state index contributed by atoms with van der Waals surface area (Å²) in [6.45, 7) is 0. The van der Waals surface area contributed by atoms with Gasteiger partial charge in [-0.15, -0.1) is 32.8 Å². The van der Waals surface area contributed by atoms with E-state index in [1.807, 2.05) is 0 Å². The Morgan fingerprint density at radius 2 is 0.622 bits per heavy atom. The standard InChI is InChI=1S/C46H52B24N2O2/c47-18-9(24(53)33(62)28(57)13(18)14-29(58)35(64)30(59)15-16-31(60)38(67)40(69)41(70)45(16)74-44(14)15)10-19(48)17(32(61)34(63)25(10)54)43-46-42(71-4-72-43)6-3-5(1-2-7(6)73-46)8-20(49)22(51)11(23(52)21(8)50)12-26(55)36(65)39(68)37(66)27(12)56/h1-4H,47-70H2. The smallest absolute Gasteiger partial charge is 0.180 e. The number of fused-ring (bicyclic) bond motifs is 6. The summed E-state index contributed by atoms with van der Waals surface area (Å²) in [5.41, 5.74) is 47.9. The van der Waals surface area contributed by atoms with Gasteiger partial charge in [0, 0.05) is 21.7 Å². The molecule has 0 aliphatic carbocycles. The van der Waals surface area contributed by atoms with Crippen LogP contribution in [0, 0.1) is 0 Å². The first-order valence-electron chi connectivity index (χ1n) is 26.8. The topological polar surface area (TPSA) is 52.1 Å². The van der Waals surface area contributed by atoms with Gasteiger partial charge in [-0.1, -0.05) is 104 Å². The van der Waals surface area contributed by atoms with Crippen molar-refractivity contribution in [1.29, 1.82) is 0 Å². The summed E-state index contributed by atoms with van der Waals surface area (Å²) in [5, 5.41) is 3.49. The van der Waals surface area contributed by atoms with E-state index < -0.39 is 0 Å². The summed E-state index contributed by atoms with van der Waals surface area (Å²) in [6, 6.07) is 6.68. The van der Waals surface area contributed by atoms with Crippen LogP contribution in [0.1, 0.15) is 0 Å². The Kier molecular flexibility index (Phi) is 12.9. The van der Waals surface area contributed by atoms with E-state index in [-0.39, 0.29) is 0 Å². The van der Waals surface area contributed by atoms with Gasteiger partial charge >= 0.3 is 0 Å². The Balaban J connectivity index is 1.19. The fraction of sp³-hybridized carbons (Fsp3) is 0. The summed E-state index contributed by atoms with van der Waals surface area (Å²) < 4.78 is 14.2. The van der Waals surface area contributed by atoms with Crippen molar-refractivity contribution >= 4 is 363 Å². The number of aromatic nitrogens is 2. The lowest BCUT2D eigenvalue weighted by molar-refractivity contribution is 0.667. The highest BCUT2D eigenvalue weighted by atomic mass is 16.3. The zero-order valence-electron chi connectivity index (χ0n) is 49.0. The molecule has 0 radical (unpaired) electrons. The molecule has 7 aromatic carbocycles. The van der Waals surface area contributed by atoms with E-state index in [1.165, 1.54) is 186 Å². The predicted octanol–water partition coefficient (Wildman–Crippen LogP) is -29.2. The molecule has 3 aromatic heterocycles. The van der Waals surface area contributed by atoms with Crippen LogP contribution in [0.25, 0.3) is 99.8 Å². The Labute approximate surface area is 459 Å². The van der Waals surface area contributed by atoms with E-state index in [0.29, 0.717) is 0 Å². The maximum atomic E-state index is 7.22. The predicted molar refractivity (Wildman–Crippen MR) is 400 cm³/mol. The first kappa shape index (κ1) is 52.2. The van der Waals surface area contributed by atoms with Crippen molar-refractivity contribution < 1.29 is 8.83 Å². The number of furan rings is 2. The molecule has 3 heterocycles. The Bertz CT molecular complexity index is 4200. The maximum Gasteiger partial charge on any atom is 0.180 e. The van der Waals surface area contributed by atoms with Gasteiger partial charge in [-0.05, 0) is 56.6 Å². The molecule has 4 nitrogen and oxygen atoms in total.